The van der Waals surface area contributed by atoms with E-state index in [-0.39, 0.29) is 0 Å². The van der Waals surface area contributed by atoms with Crippen molar-refractivity contribution in [2.45, 2.75) is 18.3 Å². The van der Waals surface area contributed by atoms with Crippen LogP contribution in [0.5, 0.6) is 0 Å². The predicted octanol–water partition coefficient (Wildman–Crippen LogP) is 2.46. The van der Waals surface area contributed by atoms with Crippen LogP contribution in [0.15, 0.2) is 30.3 Å². The van der Waals surface area contributed by atoms with Crippen molar-refractivity contribution in [2.24, 2.45) is 0 Å². The highest BCUT2D eigenvalue weighted by Crippen LogP contribution is 2.33. The topological polar surface area (TPSA) is 145 Å². The molecule has 1 aromatic rings. The van der Waals surface area contributed by atoms with Gasteiger partial charge in [-0.25, -0.2) is 0 Å². The molecule has 7 heteroatoms. The fraction of sp³-hybridized carbons (Fsp3) is 0.312. The minimum Gasteiger partial charge on any atom is -0.481 e. The van der Waals surface area contributed by atoms with Crippen molar-refractivity contribution < 1.29 is 9.90 Å². The Labute approximate surface area is 137 Å². The fourth-order valence-electron chi connectivity index (χ4n) is 2.24. The van der Waals surface area contributed by atoms with Crippen molar-refractivity contribution in [1.82, 2.24) is 5.32 Å². The van der Waals surface area contributed by atoms with Crippen molar-refractivity contribution in [3.63, 3.8) is 0 Å². The Morgan fingerprint density at radius 2 is 1.30 bits per heavy atom. The van der Waals surface area contributed by atoms with Crippen LogP contribution < -0.4 is 5.32 Å². The van der Waals surface area contributed by atoms with Gasteiger partial charge >= 0.3 is 5.97 Å². The molecule has 0 radical (unpaired) electrons. The lowest BCUT2D eigenvalue weighted by atomic mass is 9.73. The first-order chi connectivity index (χ1) is 11.3. The van der Waals surface area contributed by atoms with Gasteiger partial charge in [-0.1, -0.05) is 30.3 Å². The van der Waals surface area contributed by atoms with E-state index in [0.29, 0.717) is 12.8 Å². The Morgan fingerprint density at radius 1 is 0.913 bits per heavy atom. The number of hydrogen-bond acceptors (Lipinski definition) is 6. The zero-order chi connectivity index (χ0) is 18.7. The number of hydrogen-bond donors (Lipinski definition) is 6. The molecule has 7 nitrogen and oxygen atoms in total. The van der Waals surface area contributed by atoms with E-state index in [1.165, 1.54) is 0 Å². The zero-order valence-corrected chi connectivity index (χ0v) is 13.4. The predicted molar refractivity (Wildman–Crippen MR) is 97.2 cm³/mol. The van der Waals surface area contributed by atoms with Gasteiger partial charge in [0.1, 0.15) is 0 Å². The summed E-state index contributed by atoms with van der Waals surface area (Å²) in [4.78, 5) is 11.4. The highest BCUT2D eigenvalue weighted by molar-refractivity contribution is 5.81. The molecule has 1 aliphatic heterocycles. The molecule has 1 saturated heterocycles. The molecule has 0 saturated carbocycles. The van der Waals surface area contributed by atoms with Crippen molar-refractivity contribution >= 4 is 32.8 Å². The Balaban J connectivity index is -0.000000438. The number of carbonyl (C=O) groups is 1. The Kier molecular flexibility index (Phi) is 19.1. The monoisotopic (exact) mass is 321 g/mol. The van der Waals surface area contributed by atoms with E-state index in [0.717, 1.165) is 18.7 Å². The van der Waals surface area contributed by atoms with E-state index in [1.807, 2.05) is 30.3 Å². The summed E-state index contributed by atoms with van der Waals surface area (Å²) in [6, 6.07) is 9.56. The van der Waals surface area contributed by atoms with Gasteiger partial charge in [-0.05, 0) is 58.4 Å². The summed E-state index contributed by atoms with van der Waals surface area (Å²) in [5.41, 5.74) is 0.256. The molecule has 23 heavy (non-hydrogen) atoms. The fourth-order valence-corrected chi connectivity index (χ4v) is 2.24. The lowest BCUT2D eigenvalue weighted by molar-refractivity contribution is -0.145. The van der Waals surface area contributed by atoms with Gasteiger partial charge in [-0.3, -0.25) is 4.79 Å². The van der Waals surface area contributed by atoms with Gasteiger partial charge < -0.3 is 32.1 Å². The summed E-state index contributed by atoms with van der Waals surface area (Å²) in [5.74, 6) is -0.699. The van der Waals surface area contributed by atoms with Crippen molar-refractivity contribution in [1.29, 1.82) is 21.6 Å². The van der Waals surface area contributed by atoms with Crippen LogP contribution in [0.3, 0.4) is 0 Å². The molecule has 1 aliphatic rings. The largest absolute Gasteiger partial charge is 0.481 e. The maximum absolute atomic E-state index is 11.4. The van der Waals surface area contributed by atoms with Crippen LogP contribution in [0.4, 0.5) is 0 Å². The molecule has 0 spiro atoms. The van der Waals surface area contributed by atoms with Crippen molar-refractivity contribution in [3.8, 4) is 0 Å². The number of aliphatic carboxylic acids is 1. The summed E-state index contributed by atoms with van der Waals surface area (Å²) >= 11 is 0. The maximum Gasteiger partial charge on any atom is 0.314 e. The van der Waals surface area contributed by atoms with Gasteiger partial charge in [0.15, 0.2) is 0 Å². The van der Waals surface area contributed by atoms with Crippen molar-refractivity contribution in [3.05, 3.63) is 35.9 Å². The van der Waals surface area contributed by atoms with E-state index in [1.54, 1.807) is 0 Å². The lowest BCUT2D eigenvalue weighted by Gasteiger charge is -2.34. The molecule has 1 fully saturated rings. The summed E-state index contributed by atoms with van der Waals surface area (Å²) in [5, 5.41) is 34.6. The number of carboxylic acids is 1. The molecule has 128 valence electrons. The van der Waals surface area contributed by atoms with Crippen LogP contribution in [-0.2, 0) is 10.2 Å². The van der Waals surface area contributed by atoms with Crippen LogP contribution in [0, 0.1) is 21.6 Å². The van der Waals surface area contributed by atoms with E-state index in [9.17, 15) is 9.90 Å². The second kappa shape index (κ2) is 17.4. The van der Waals surface area contributed by atoms with Gasteiger partial charge in [0.05, 0.1) is 5.41 Å². The first-order valence-electron chi connectivity index (χ1n) is 6.67. The average molecular weight is 321 g/mol. The van der Waals surface area contributed by atoms with E-state index in [4.69, 9.17) is 21.6 Å². The summed E-state index contributed by atoms with van der Waals surface area (Å²) in [7, 11) is 0. The second-order valence-electron chi connectivity index (χ2n) is 4.00. The quantitative estimate of drug-likeness (QED) is 0.465. The second-order valence-corrected chi connectivity index (χ2v) is 4.00. The third-order valence-corrected chi connectivity index (χ3v) is 3.19. The van der Waals surface area contributed by atoms with Gasteiger partial charge in [0.2, 0.25) is 0 Å². The maximum atomic E-state index is 11.4. The number of piperidine rings is 1. The highest BCUT2D eigenvalue weighted by Gasteiger charge is 2.40. The van der Waals surface area contributed by atoms with E-state index >= 15 is 0 Å². The van der Waals surface area contributed by atoms with Crippen LogP contribution in [-0.4, -0.2) is 51.0 Å². The van der Waals surface area contributed by atoms with Crippen LogP contribution in [0.1, 0.15) is 18.4 Å². The molecule has 6 N–H and O–H groups in total. The van der Waals surface area contributed by atoms with Crippen LogP contribution in [0.2, 0.25) is 0 Å². The van der Waals surface area contributed by atoms with Crippen LogP contribution >= 0.6 is 0 Å². The number of benzene rings is 1. The van der Waals surface area contributed by atoms with Gasteiger partial charge in [-0.2, -0.15) is 0 Å². The smallest absolute Gasteiger partial charge is 0.314 e. The summed E-state index contributed by atoms with van der Waals surface area (Å²) in [6.45, 7) is 11.6. The number of carboxylic acid groups (broad SMARTS) is 1. The van der Waals surface area contributed by atoms with Crippen molar-refractivity contribution in [2.75, 3.05) is 13.1 Å². The molecule has 0 aromatic heterocycles. The highest BCUT2D eigenvalue weighted by atomic mass is 16.4. The zero-order valence-electron chi connectivity index (χ0n) is 13.4. The molecule has 0 atom stereocenters. The first-order valence-corrected chi connectivity index (χ1v) is 6.67. The minimum absolute atomic E-state index is 0.673. The lowest BCUT2D eigenvalue weighted by Crippen LogP contribution is -2.45. The van der Waals surface area contributed by atoms with E-state index < -0.39 is 11.4 Å². The summed E-state index contributed by atoms with van der Waals surface area (Å²) in [6.07, 6.45) is 1.35. The van der Waals surface area contributed by atoms with Gasteiger partial charge in [0.25, 0.3) is 0 Å². The molecule has 0 aliphatic carbocycles. The molecule has 2 rings (SSSR count). The standard InChI is InChI=1S/C12H15NO2.4CH3N/c14-11(15)12(6-8-13-9-7-12)10-4-2-1-3-5-10;4*1-2/h1-5,13H,6-9H2,(H,14,15);4*2H,1H2. The molecule has 1 aromatic carbocycles. The Bertz CT molecular complexity index is 400. The van der Waals surface area contributed by atoms with Gasteiger partial charge in [0, 0.05) is 0 Å². The van der Waals surface area contributed by atoms with E-state index in [2.05, 4.69) is 32.2 Å². The minimum atomic E-state index is -0.699. The molecule has 0 unspecified atom stereocenters. The SMILES string of the molecule is C=N.C=N.C=N.C=N.O=C(O)C1(c2ccccc2)CCNCC1. The summed E-state index contributed by atoms with van der Waals surface area (Å²) < 4.78 is 0. The Hall–Kier alpha value is -2.67. The molecular formula is C16H27N5O2. The first kappa shape index (κ1) is 25.3. The average Bonchev–Trinajstić information content (AvgIpc) is 2.69. The number of rotatable bonds is 2. The normalized spacial score (nSPS) is 13.6. The van der Waals surface area contributed by atoms with Crippen LogP contribution in [0.25, 0.3) is 0 Å². The third kappa shape index (κ3) is 7.77. The molecule has 0 bridgehead atoms. The molecule has 1 heterocycles. The van der Waals surface area contributed by atoms with Gasteiger partial charge in [-0.15, -0.1) is 0 Å². The Morgan fingerprint density at radius 3 is 1.65 bits per heavy atom. The molecular weight excluding hydrogens is 294 g/mol. The molecule has 0 amide bonds. The third-order valence-electron chi connectivity index (χ3n) is 3.19. The number of nitrogens with one attached hydrogen (secondary N) is 5.